The zero-order valence-electron chi connectivity index (χ0n) is 12.2. The fourth-order valence-corrected chi connectivity index (χ4v) is 2.71. The summed E-state index contributed by atoms with van der Waals surface area (Å²) >= 11 is 0. The first kappa shape index (κ1) is 15.2. The van der Waals surface area contributed by atoms with Crippen molar-refractivity contribution >= 4 is 17.7 Å². The number of carbonyl (C=O) groups is 3. The number of benzene rings is 1. The number of hydrogen-bond acceptors (Lipinski definition) is 4. The van der Waals surface area contributed by atoms with E-state index in [1.807, 2.05) is 30.3 Å². The van der Waals surface area contributed by atoms with Gasteiger partial charge in [-0.1, -0.05) is 30.3 Å². The van der Waals surface area contributed by atoms with E-state index >= 15 is 0 Å². The Balaban J connectivity index is 2.05. The normalized spacial score (nSPS) is 20.9. The smallest absolute Gasteiger partial charge is 0.305 e. The lowest BCUT2D eigenvalue weighted by atomic mass is 9.81. The maximum atomic E-state index is 12.1. The fraction of sp³-hybridized carbons (Fsp3) is 0.438. The predicted octanol–water partition coefficient (Wildman–Crippen LogP) is 1.56. The maximum Gasteiger partial charge on any atom is 0.305 e. The lowest BCUT2D eigenvalue weighted by Gasteiger charge is -2.46. The average Bonchev–Trinajstić information content (AvgIpc) is 2.48. The summed E-state index contributed by atoms with van der Waals surface area (Å²) in [6, 6.07) is 9.39. The van der Waals surface area contributed by atoms with Gasteiger partial charge in [0, 0.05) is 13.0 Å². The molecule has 0 saturated carbocycles. The maximum absolute atomic E-state index is 12.1. The second kappa shape index (κ2) is 6.52. The van der Waals surface area contributed by atoms with Gasteiger partial charge in [0.2, 0.25) is 5.91 Å². The Morgan fingerprint density at radius 1 is 1.24 bits per heavy atom. The van der Waals surface area contributed by atoms with E-state index in [2.05, 4.69) is 4.74 Å². The van der Waals surface area contributed by atoms with Crippen molar-refractivity contribution < 1.29 is 19.1 Å². The standard InChI is InChI=1S/C16H19NO4/c1-11(18)15-13(8-9-14(19)21-2)17(16(15)20)10-12-6-4-3-5-7-12/h3-7,13,15H,8-10H2,1-2H3. The molecular weight excluding hydrogens is 270 g/mol. The molecule has 1 heterocycles. The largest absolute Gasteiger partial charge is 0.469 e. The Bertz CT molecular complexity index is 540. The van der Waals surface area contributed by atoms with Crippen LogP contribution < -0.4 is 0 Å². The Labute approximate surface area is 123 Å². The van der Waals surface area contributed by atoms with Crippen LogP contribution in [0, 0.1) is 5.92 Å². The summed E-state index contributed by atoms with van der Waals surface area (Å²) in [5.41, 5.74) is 1.01. The van der Waals surface area contributed by atoms with Crippen LogP contribution in [0.2, 0.25) is 0 Å². The molecule has 1 aromatic rings. The molecule has 0 radical (unpaired) electrons. The molecule has 112 valence electrons. The number of amides is 1. The molecular formula is C16H19NO4. The predicted molar refractivity (Wildman–Crippen MR) is 76.2 cm³/mol. The van der Waals surface area contributed by atoms with Crippen LogP contribution >= 0.6 is 0 Å². The number of Topliss-reactive ketones (excluding diaryl/α,β-unsaturated/α-hetero) is 1. The van der Waals surface area contributed by atoms with Crippen LogP contribution in [0.5, 0.6) is 0 Å². The van der Waals surface area contributed by atoms with Gasteiger partial charge in [-0.2, -0.15) is 0 Å². The highest BCUT2D eigenvalue weighted by atomic mass is 16.5. The summed E-state index contributed by atoms with van der Waals surface area (Å²) in [6.45, 7) is 1.89. The zero-order valence-corrected chi connectivity index (χ0v) is 12.2. The lowest BCUT2D eigenvalue weighted by Crippen LogP contribution is -2.62. The molecule has 1 aromatic carbocycles. The molecule has 2 atom stereocenters. The summed E-state index contributed by atoms with van der Waals surface area (Å²) in [4.78, 5) is 36.7. The van der Waals surface area contributed by atoms with Gasteiger partial charge in [-0.05, 0) is 18.9 Å². The van der Waals surface area contributed by atoms with E-state index in [-0.39, 0.29) is 30.1 Å². The molecule has 1 amide bonds. The third-order valence-electron chi connectivity index (χ3n) is 3.84. The van der Waals surface area contributed by atoms with Gasteiger partial charge in [-0.3, -0.25) is 14.4 Å². The van der Waals surface area contributed by atoms with Gasteiger partial charge in [-0.25, -0.2) is 0 Å². The number of rotatable bonds is 6. The Morgan fingerprint density at radius 2 is 1.90 bits per heavy atom. The van der Waals surface area contributed by atoms with Crippen molar-refractivity contribution in [1.29, 1.82) is 0 Å². The number of hydrogen-bond donors (Lipinski definition) is 0. The van der Waals surface area contributed by atoms with Gasteiger partial charge >= 0.3 is 5.97 Å². The Hall–Kier alpha value is -2.17. The highest BCUT2D eigenvalue weighted by Gasteiger charge is 2.49. The second-order valence-electron chi connectivity index (χ2n) is 5.22. The number of ketones is 1. The quantitative estimate of drug-likeness (QED) is 0.453. The molecule has 0 bridgehead atoms. The van der Waals surface area contributed by atoms with Gasteiger partial charge in [0.05, 0.1) is 13.2 Å². The highest BCUT2D eigenvalue weighted by Crippen LogP contribution is 2.32. The van der Waals surface area contributed by atoms with Crippen LogP contribution in [-0.4, -0.2) is 35.7 Å². The van der Waals surface area contributed by atoms with Crippen LogP contribution in [0.25, 0.3) is 0 Å². The minimum atomic E-state index is -0.613. The molecule has 0 N–H and O–H groups in total. The molecule has 2 rings (SSSR count). The number of likely N-dealkylation sites (tertiary alicyclic amines) is 1. The van der Waals surface area contributed by atoms with E-state index in [0.29, 0.717) is 13.0 Å². The minimum absolute atomic E-state index is 0.140. The van der Waals surface area contributed by atoms with Crippen LogP contribution in [0.3, 0.4) is 0 Å². The average molecular weight is 289 g/mol. The van der Waals surface area contributed by atoms with Crippen molar-refractivity contribution in [2.45, 2.75) is 32.4 Å². The third-order valence-corrected chi connectivity index (χ3v) is 3.84. The topological polar surface area (TPSA) is 63.7 Å². The zero-order chi connectivity index (χ0) is 15.4. The summed E-state index contributed by atoms with van der Waals surface area (Å²) in [5, 5.41) is 0. The number of carbonyl (C=O) groups excluding carboxylic acids is 3. The van der Waals surface area contributed by atoms with Crippen molar-refractivity contribution in [2.75, 3.05) is 7.11 Å². The summed E-state index contributed by atoms with van der Waals surface area (Å²) < 4.78 is 4.62. The van der Waals surface area contributed by atoms with E-state index in [9.17, 15) is 14.4 Å². The number of methoxy groups -OCH3 is 1. The molecule has 1 fully saturated rings. The minimum Gasteiger partial charge on any atom is -0.469 e. The fourth-order valence-electron chi connectivity index (χ4n) is 2.71. The molecule has 2 unspecified atom stereocenters. The van der Waals surface area contributed by atoms with Crippen LogP contribution in [0.4, 0.5) is 0 Å². The van der Waals surface area contributed by atoms with Crippen molar-refractivity contribution in [1.82, 2.24) is 4.90 Å². The molecule has 1 saturated heterocycles. The van der Waals surface area contributed by atoms with Gasteiger partial charge in [-0.15, -0.1) is 0 Å². The molecule has 5 nitrogen and oxygen atoms in total. The first-order chi connectivity index (χ1) is 10.0. The SMILES string of the molecule is COC(=O)CCC1C(C(C)=O)C(=O)N1Cc1ccccc1. The summed E-state index contributed by atoms with van der Waals surface area (Å²) in [7, 11) is 1.33. The van der Waals surface area contributed by atoms with Gasteiger partial charge in [0.1, 0.15) is 11.7 Å². The molecule has 1 aliphatic heterocycles. The van der Waals surface area contributed by atoms with Gasteiger partial charge in [0.15, 0.2) is 0 Å². The number of β-lactam (4-membered cyclic amide) rings is 1. The lowest BCUT2D eigenvalue weighted by molar-refractivity contribution is -0.163. The number of esters is 1. The molecule has 0 aromatic heterocycles. The van der Waals surface area contributed by atoms with Crippen LogP contribution in [-0.2, 0) is 25.7 Å². The Morgan fingerprint density at radius 3 is 2.48 bits per heavy atom. The molecule has 0 aliphatic carbocycles. The monoisotopic (exact) mass is 289 g/mol. The van der Waals surface area contributed by atoms with E-state index < -0.39 is 5.92 Å². The second-order valence-corrected chi connectivity index (χ2v) is 5.22. The van der Waals surface area contributed by atoms with E-state index in [0.717, 1.165) is 5.56 Å². The van der Waals surface area contributed by atoms with E-state index in [1.165, 1.54) is 14.0 Å². The van der Waals surface area contributed by atoms with Gasteiger partial charge < -0.3 is 9.64 Å². The molecule has 21 heavy (non-hydrogen) atoms. The van der Waals surface area contributed by atoms with Crippen molar-refractivity contribution in [3.8, 4) is 0 Å². The Kier molecular flexibility index (Phi) is 4.73. The first-order valence-corrected chi connectivity index (χ1v) is 6.96. The number of ether oxygens (including phenoxy) is 1. The summed E-state index contributed by atoms with van der Waals surface area (Å²) in [6.07, 6.45) is 0.666. The van der Waals surface area contributed by atoms with E-state index in [4.69, 9.17) is 0 Å². The molecule has 1 aliphatic rings. The molecule has 0 spiro atoms. The van der Waals surface area contributed by atoms with Gasteiger partial charge in [0.25, 0.3) is 0 Å². The number of nitrogens with zero attached hydrogens (tertiary/aromatic N) is 1. The summed E-state index contributed by atoms with van der Waals surface area (Å²) in [5.74, 6) is -1.23. The van der Waals surface area contributed by atoms with E-state index in [1.54, 1.807) is 4.90 Å². The first-order valence-electron chi connectivity index (χ1n) is 6.96. The highest BCUT2D eigenvalue weighted by molar-refractivity contribution is 6.05. The van der Waals surface area contributed by atoms with Crippen LogP contribution in [0.15, 0.2) is 30.3 Å². The van der Waals surface area contributed by atoms with Crippen molar-refractivity contribution in [3.05, 3.63) is 35.9 Å². The third kappa shape index (κ3) is 3.29. The van der Waals surface area contributed by atoms with Crippen LogP contribution in [0.1, 0.15) is 25.3 Å². The molecule has 5 heteroatoms. The van der Waals surface area contributed by atoms with Crippen molar-refractivity contribution in [2.24, 2.45) is 5.92 Å². The van der Waals surface area contributed by atoms with Crippen molar-refractivity contribution in [3.63, 3.8) is 0 Å².